The van der Waals surface area contributed by atoms with Crippen LogP contribution in [0.4, 0.5) is 0 Å². The van der Waals surface area contributed by atoms with E-state index in [1.54, 1.807) is 0 Å². The van der Waals surface area contributed by atoms with Gasteiger partial charge in [-0.2, -0.15) is 5.26 Å². The van der Waals surface area contributed by atoms with Gasteiger partial charge in [-0.3, -0.25) is 9.59 Å². The molecule has 1 saturated carbocycles. The van der Waals surface area contributed by atoms with Crippen molar-refractivity contribution in [2.24, 2.45) is 5.41 Å². The minimum absolute atomic E-state index is 0.0409. The van der Waals surface area contributed by atoms with Crippen LogP contribution in [0, 0.1) is 16.7 Å². The normalized spacial score (nSPS) is 21.2. The average Bonchev–Trinajstić information content (AvgIpc) is 3.23. The summed E-state index contributed by atoms with van der Waals surface area (Å²) in [5, 5.41) is 14.7. The fraction of sp³-hybridized carbons (Fsp3) is 0.769. The number of nitriles is 1. The van der Waals surface area contributed by atoms with Crippen molar-refractivity contribution in [3.05, 3.63) is 0 Å². The third kappa shape index (κ3) is 3.67. The molecule has 104 valence electrons. The molecule has 19 heavy (non-hydrogen) atoms. The molecule has 6 nitrogen and oxygen atoms in total. The molecule has 1 aliphatic heterocycles. The molecule has 0 aromatic heterocycles. The SMILES string of the molecule is N#CC1(C(=O)NCCC(=O)NC2CC2)CCOCC1. The standard InChI is InChI=1S/C13H19N3O3/c14-9-13(4-7-19-8-5-13)12(18)15-6-3-11(17)16-10-1-2-10/h10H,1-8H2,(H,15,18)(H,16,17). The number of hydrogen-bond acceptors (Lipinski definition) is 4. The van der Waals surface area contributed by atoms with Crippen molar-refractivity contribution >= 4 is 11.8 Å². The number of amides is 2. The largest absolute Gasteiger partial charge is 0.381 e. The average molecular weight is 265 g/mol. The van der Waals surface area contributed by atoms with Crippen molar-refractivity contribution < 1.29 is 14.3 Å². The highest BCUT2D eigenvalue weighted by molar-refractivity contribution is 5.86. The molecule has 2 rings (SSSR count). The quantitative estimate of drug-likeness (QED) is 0.737. The molecule has 0 radical (unpaired) electrons. The Balaban J connectivity index is 1.73. The second-order valence-corrected chi connectivity index (χ2v) is 5.15. The van der Waals surface area contributed by atoms with Crippen molar-refractivity contribution in [2.45, 2.75) is 38.1 Å². The Hall–Kier alpha value is -1.61. The molecule has 0 atom stereocenters. The van der Waals surface area contributed by atoms with Crippen LogP contribution >= 0.6 is 0 Å². The van der Waals surface area contributed by atoms with Gasteiger partial charge in [0, 0.05) is 32.2 Å². The number of ether oxygens (including phenoxy) is 1. The second-order valence-electron chi connectivity index (χ2n) is 5.15. The molecule has 6 heteroatoms. The summed E-state index contributed by atoms with van der Waals surface area (Å²) in [6.45, 7) is 1.15. The van der Waals surface area contributed by atoms with Crippen LogP contribution in [0.5, 0.6) is 0 Å². The molecule has 0 unspecified atom stereocenters. The summed E-state index contributed by atoms with van der Waals surface area (Å²) < 4.78 is 5.17. The zero-order valence-electron chi connectivity index (χ0n) is 10.9. The van der Waals surface area contributed by atoms with Crippen LogP contribution in [0.1, 0.15) is 32.1 Å². The lowest BCUT2D eigenvalue weighted by molar-refractivity contribution is -0.132. The van der Waals surface area contributed by atoms with E-state index in [9.17, 15) is 14.9 Å². The van der Waals surface area contributed by atoms with Crippen LogP contribution in [-0.2, 0) is 14.3 Å². The third-order valence-electron chi connectivity index (χ3n) is 3.58. The fourth-order valence-corrected chi connectivity index (χ4v) is 2.10. The van der Waals surface area contributed by atoms with E-state index >= 15 is 0 Å². The first-order chi connectivity index (χ1) is 9.16. The smallest absolute Gasteiger partial charge is 0.240 e. The van der Waals surface area contributed by atoms with Crippen LogP contribution in [-0.4, -0.2) is 37.6 Å². The van der Waals surface area contributed by atoms with E-state index in [1.165, 1.54) is 0 Å². The molecule has 0 spiro atoms. The first-order valence-corrected chi connectivity index (χ1v) is 6.73. The van der Waals surface area contributed by atoms with E-state index in [1.807, 2.05) is 0 Å². The summed E-state index contributed by atoms with van der Waals surface area (Å²) in [7, 11) is 0. The van der Waals surface area contributed by atoms with Gasteiger partial charge < -0.3 is 15.4 Å². The lowest BCUT2D eigenvalue weighted by atomic mass is 9.81. The molecule has 0 aromatic rings. The Labute approximate surface area is 112 Å². The molecule has 2 fully saturated rings. The van der Waals surface area contributed by atoms with Gasteiger partial charge in [-0.05, 0) is 25.7 Å². The zero-order chi connectivity index (χ0) is 13.7. The summed E-state index contributed by atoms with van der Waals surface area (Å²) in [5.41, 5.74) is -0.981. The molecule has 1 aliphatic carbocycles. The van der Waals surface area contributed by atoms with Crippen LogP contribution in [0.15, 0.2) is 0 Å². The van der Waals surface area contributed by atoms with Crippen LogP contribution in [0.3, 0.4) is 0 Å². The maximum Gasteiger partial charge on any atom is 0.240 e. The predicted octanol–water partition coefficient (Wildman–Crippen LogP) is 0.0917. The number of nitrogens with zero attached hydrogens (tertiary/aromatic N) is 1. The lowest BCUT2D eigenvalue weighted by Crippen LogP contribution is -2.44. The Morgan fingerprint density at radius 1 is 1.32 bits per heavy atom. The summed E-state index contributed by atoms with van der Waals surface area (Å²) in [6.07, 6.45) is 3.21. The van der Waals surface area contributed by atoms with Gasteiger partial charge in [0.05, 0.1) is 6.07 Å². The van der Waals surface area contributed by atoms with Crippen LogP contribution < -0.4 is 10.6 Å². The topological polar surface area (TPSA) is 91.2 Å². The lowest BCUT2D eigenvalue weighted by Gasteiger charge is -2.29. The van der Waals surface area contributed by atoms with Gasteiger partial charge >= 0.3 is 0 Å². The minimum Gasteiger partial charge on any atom is -0.381 e. The molecule has 1 saturated heterocycles. The molecule has 1 heterocycles. The summed E-state index contributed by atoms with van der Waals surface area (Å²) in [4.78, 5) is 23.5. The van der Waals surface area contributed by atoms with Crippen LogP contribution in [0.25, 0.3) is 0 Å². The van der Waals surface area contributed by atoms with Gasteiger partial charge in [0.1, 0.15) is 5.41 Å². The van der Waals surface area contributed by atoms with Crippen molar-refractivity contribution in [1.82, 2.24) is 10.6 Å². The maximum absolute atomic E-state index is 12.0. The minimum atomic E-state index is -0.981. The van der Waals surface area contributed by atoms with Crippen molar-refractivity contribution in [3.63, 3.8) is 0 Å². The Morgan fingerprint density at radius 3 is 2.58 bits per heavy atom. The maximum atomic E-state index is 12.0. The fourth-order valence-electron chi connectivity index (χ4n) is 2.10. The summed E-state index contributed by atoms with van der Waals surface area (Å²) in [5.74, 6) is -0.321. The highest BCUT2D eigenvalue weighted by Crippen LogP contribution is 2.29. The number of carbonyl (C=O) groups is 2. The van der Waals surface area contributed by atoms with E-state index in [4.69, 9.17) is 4.74 Å². The molecular weight excluding hydrogens is 246 g/mol. The van der Waals surface area contributed by atoms with E-state index in [0.29, 0.717) is 32.1 Å². The second kappa shape index (κ2) is 6.02. The molecular formula is C13H19N3O3. The highest BCUT2D eigenvalue weighted by atomic mass is 16.5. The van der Waals surface area contributed by atoms with E-state index in [-0.39, 0.29) is 24.8 Å². The van der Waals surface area contributed by atoms with Gasteiger partial charge in [-0.25, -0.2) is 0 Å². The van der Waals surface area contributed by atoms with Gasteiger partial charge in [-0.1, -0.05) is 0 Å². The number of hydrogen-bond donors (Lipinski definition) is 2. The van der Waals surface area contributed by atoms with Crippen molar-refractivity contribution in [3.8, 4) is 6.07 Å². The number of nitrogens with one attached hydrogen (secondary N) is 2. The molecule has 2 amide bonds. The summed E-state index contributed by atoms with van der Waals surface area (Å²) >= 11 is 0. The monoisotopic (exact) mass is 265 g/mol. The molecule has 0 aromatic carbocycles. The molecule has 0 bridgehead atoms. The van der Waals surface area contributed by atoms with E-state index < -0.39 is 5.41 Å². The summed E-state index contributed by atoms with van der Waals surface area (Å²) in [6, 6.07) is 2.44. The van der Waals surface area contributed by atoms with Crippen molar-refractivity contribution in [2.75, 3.05) is 19.8 Å². The highest BCUT2D eigenvalue weighted by Gasteiger charge is 2.40. The Morgan fingerprint density at radius 2 is 2.00 bits per heavy atom. The molecule has 2 N–H and O–H groups in total. The third-order valence-corrected chi connectivity index (χ3v) is 3.58. The van der Waals surface area contributed by atoms with E-state index in [0.717, 1.165) is 12.8 Å². The van der Waals surface area contributed by atoms with Gasteiger partial charge in [0.2, 0.25) is 11.8 Å². The first-order valence-electron chi connectivity index (χ1n) is 6.73. The number of rotatable bonds is 5. The molecule has 2 aliphatic rings. The Kier molecular flexibility index (Phi) is 4.38. The number of carbonyl (C=O) groups excluding carboxylic acids is 2. The Bertz CT molecular complexity index is 392. The van der Waals surface area contributed by atoms with Crippen LogP contribution in [0.2, 0.25) is 0 Å². The first kappa shape index (κ1) is 13.8. The van der Waals surface area contributed by atoms with Gasteiger partial charge in [0.25, 0.3) is 0 Å². The van der Waals surface area contributed by atoms with Crippen molar-refractivity contribution in [1.29, 1.82) is 5.26 Å². The van der Waals surface area contributed by atoms with Gasteiger partial charge in [-0.15, -0.1) is 0 Å². The predicted molar refractivity (Wildman–Crippen MR) is 66.9 cm³/mol. The zero-order valence-corrected chi connectivity index (χ0v) is 10.9. The van der Waals surface area contributed by atoms with Gasteiger partial charge in [0.15, 0.2) is 0 Å². The van der Waals surface area contributed by atoms with E-state index in [2.05, 4.69) is 16.7 Å².